The van der Waals surface area contributed by atoms with Gasteiger partial charge in [0.2, 0.25) is 11.8 Å². The van der Waals surface area contributed by atoms with Gasteiger partial charge in [-0.05, 0) is 52.0 Å². The number of hydrogen-bond donors (Lipinski definition) is 2. The van der Waals surface area contributed by atoms with Gasteiger partial charge < -0.3 is 10.2 Å². The summed E-state index contributed by atoms with van der Waals surface area (Å²) in [6.07, 6.45) is 5.75. The second-order valence-electron chi connectivity index (χ2n) is 8.29. The van der Waals surface area contributed by atoms with Gasteiger partial charge in [-0.2, -0.15) is 0 Å². The number of rotatable bonds is 4. The van der Waals surface area contributed by atoms with E-state index in [1.54, 1.807) is 11.9 Å². The van der Waals surface area contributed by atoms with Crippen molar-refractivity contribution in [3.8, 4) is 0 Å². The lowest BCUT2D eigenvalue weighted by Gasteiger charge is -2.42. The maximum absolute atomic E-state index is 13.7. The number of carbonyl (C=O) groups is 2. The fraction of sp³-hybridized carbons (Fsp3) is 0.895. The molecule has 2 amide bonds. The molecule has 5 unspecified atom stereocenters. The Balaban J connectivity index is 1.42. The van der Waals surface area contributed by atoms with E-state index >= 15 is 0 Å². The van der Waals surface area contributed by atoms with Crippen molar-refractivity contribution in [1.29, 1.82) is 0 Å². The molecule has 3 rings (SSSR count). The predicted molar refractivity (Wildman–Crippen MR) is 98.2 cm³/mol. The number of nitrogens with zero attached hydrogens (tertiary/aromatic N) is 2. The Labute approximate surface area is 155 Å². The average molecular weight is 368 g/mol. The van der Waals surface area contributed by atoms with Gasteiger partial charge in [0.1, 0.15) is 6.17 Å². The van der Waals surface area contributed by atoms with Crippen LogP contribution in [-0.2, 0) is 9.59 Å². The van der Waals surface area contributed by atoms with Crippen molar-refractivity contribution in [2.24, 2.45) is 5.92 Å². The van der Waals surface area contributed by atoms with Crippen molar-refractivity contribution in [3.05, 3.63) is 0 Å². The summed E-state index contributed by atoms with van der Waals surface area (Å²) in [4.78, 5) is 28.0. The molecule has 7 heteroatoms. The van der Waals surface area contributed by atoms with Crippen LogP contribution in [-0.4, -0.2) is 73.2 Å². The van der Waals surface area contributed by atoms with Gasteiger partial charge in [0.15, 0.2) is 0 Å². The normalized spacial score (nSPS) is 36.2. The van der Waals surface area contributed by atoms with Crippen LogP contribution in [0.15, 0.2) is 0 Å². The van der Waals surface area contributed by atoms with Crippen molar-refractivity contribution >= 4 is 11.8 Å². The van der Waals surface area contributed by atoms with E-state index in [0.29, 0.717) is 44.3 Å². The smallest absolute Gasteiger partial charge is 0.226 e. The first-order chi connectivity index (χ1) is 12.4. The zero-order chi connectivity index (χ0) is 18.7. The van der Waals surface area contributed by atoms with E-state index < -0.39 is 6.17 Å². The van der Waals surface area contributed by atoms with Crippen LogP contribution < -0.4 is 10.6 Å². The molecule has 6 nitrogen and oxygen atoms in total. The average Bonchev–Trinajstić information content (AvgIpc) is 2.64. The van der Waals surface area contributed by atoms with Crippen molar-refractivity contribution < 1.29 is 14.0 Å². The second kappa shape index (κ2) is 8.65. The van der Waals surface area contributed by atoms with Crippen molar-refractivity contribution in [3.63, 3.8) is 0 Å². The molecule has 0 aromatic rings. The molecule has 2 saturated heterocycles. The van der Waals surface area contributed by atoms with Crippen LogP contribution in [0.3, 0.4) is 0 Å². The van der Waals surface area contributed by atoms with Crippen molar-refractivity contribution in [1.82, 2.24) is 20.4 Å². The third-order valence-corrected chi connectivity index (χ3v) is 6.44. The molecule has 0 aromatic carbocycles. The minimum atomic E-state index is -0.653. The van der Waals surface area contributed by atoms with E-state index in [1.807, 2.05) is 0 Å². The molecule has 1 aliphatic carbocycles. The van der Waals surface area contributed by atoms with E-state index in [9.17, 15) is 14.0 Å². The summed E-state index contributed by atoms with van der Waals surface area (Å²) in [7, 11) is 3.87. The minimum absolute atomic E-state index is 0.00429. The number of likely N-dealkylation sites (tertiary alicyclic amines) is 1. The van der Waals surface area contributed by atoms with Gasteiger partial charge >= 0.3 is 0 Å². The number of likely N-dealkylation sites (N-methyl/N-ethyl adjacent to an activating group) is 1. The number of alkyl halides is 1. The molecular weight excluding hydrogens is 335 g/mol. The first kappa shape index (κ1) is 19.5. The second-order valence-corrected chi connectivity index (χ2v) is 8.29. The maximum atomic E-state index is 13.7. The highest BCUT2D eigenvalue weighted by atomic mass is 19.1. The molecule has 26 heavy (non-hydrogen) atoms. The van der Waals surface area contributed by atoms with Gasteiger partial charge in [0, 0.05) is 38.6 Å². The Morgan fingerprint density at radius 1 is 1.23 bits per heavy atom. The summed E-state index contributed by atoms with van der Waals surface area (Å²) in [5.41, 5.74) is 0. The van der Waals surface area contributed by atoms with Crippen molar-refractivity contribution in [2.45, 2.75) is 75.8 Å². The lowest BCUT2D eigenvalue weighted by molar-refractivity contribution is -0.137. The standard InChI is InChI=1S/C19H33FN4O2/c1-23-12-13(6-9-18(23)25)19(26)22-17-8-7-16(11-21-17)24(2)15-5-3-4-14(20)10-15/h13-17,21H,3-12H2,1-2H3,(H,22,26). The third kappa shape index (κ3) is 4.74. The molecule has 0 radical (unpaired) electrons. The Kier molecular flexibility index (Phi) is 6.51. The summed E-state index contributed by atoms with van der Waals surface area (Å²) < 4.78 is 13.7. The molecule has 1 saturated carbocycles. The lowest BCUT2D eigenvalue weighted by atomic mass is 9.91. The van der Waals surface area contributed by atoms with E-state index in [1.165, 1.54) is 0 Å². The zero-order valence-corrected chi connectivity index (χ0v) is 16.0. The van der Waals surface area contributed by atoms with Gasteiger partial charge in [-0.1, -0.05) is 0 Å². The van der Waals surface area contributed by atoms with Crippen molar-refractivity contribution in [2.75, 3.05) is 27.2 Å². The summed E-state index contributed by atoms with van der Waals surface area (Å²) in [6.45, 7) is 1.33. The first-order valence-corrected chi connectivity index (χ1v) is 10.1. The topological polar surface area (TPSA) is 64.7 Å². The third-order valence-electron chi connectivity index (χ3n) is 6.44. The van der Waals surface area contributed by atoms with Crippen LogP contribution in [0.5, 0.6) is 0 Å². The first-order valence-electron chi connectivity index (χ1n) is 10.1. The zero-order valence-electron chi connectivity index (χ0n) is 16.0. The Morgan fingerprint density at radius 3 is 2.69 bits per heavy atom. The fourth-order valence-electron chi connectivity index (χ4n) is 4.60. The summed E-state index contributed by atoms with van der Waals surface area (Å²) in [6, 6.07) is 0.740. The van der Waals surface area contributed by atoms with Gasteiger partial charge in [-0.3, -0.25) is 19.8 Å². The molecule has 2 N–H and O–H groups in total. The number of halogens is 1. The highest BCUT2D eigenvalue weighted by molar-refractivity contribution is 5.83. The molecule has 0 aromatic heterocycles. The number of amides is 2. The number of piperidine rings is 2. The highest BCUT2D eigenvalue weighted by Crippen LogP contribution is 2.27. The monoisotopic (exact) mass is 368 g/mol. The lowest BCUT2D eigenvalue weighted by Crippen LogP contribution is -2.58. The quantitative estimate of drug-likeness (QED) is 0.784. The predicted octanol–water partition coefficient (Wildman–Crippen LogP) is 1.26. The Bertz CT molecular complexity index is 510. The number of nitrogens with one attached hydrogen (secondary N) is 2. The molecule has 5 atom stereocenters. The summed E-state index contributed by atoms with van der Waals surface area (Å²) >= 11 is 0. The Hall–Kier alpha value is -1.21. The highest BCUT2D eigenvalue weighted by Gasteiger charge is 2.33. The van der Waals surface area contributed by atoms with Crippen LogP contribution in [0, 0.1) is 5.92 Å². The summed E-state index contributed by atoms with van der Waals surface area (Å²) in [5, 5.41) is 6.55. The molecule has 2 aliphatic heterocycles. The Morgan fingerprint density at radius 2 is 2.04 bits per heavy atom. The molecule has 0 spiro atoms. The van der Waals surface area contributed by atoms with Crippen LogP contribution in [0.2, 0.25) is 0 Å². The van der Waals surface area contributed by atoms with E-state index in [4.69, 9.17) is 0 Å². The molecule has 3 fully saturated rings. The minimum Gasteiger partial charge on any atom is -0.345 e. The SMILES string of the molecule is CN1CC(C(=O)NC2CCC(N(C)C3CCCC(F)C3)CN2)CCC1=O. The maximum Gasteiger partial charge on any atom is 0.226 e. The molecular formula is C19H33FN4O2. The van der Waals surface area contributed by atoms with Gasteiger partial charge in [-0.15, -0.1) is 0 Å². The van der Waals surface area contributed by atoms with E-state index in [-0.39, 0.29) is 23.9 Å². The van der Waals surface area contributed by atoms with Gasteiger partial charge in [-0.25, -0.2) is 4.39 Å². The number of carbonyl (C=O) groups excluding carboxylic acids is 2. The van der Waals surface area contributed by atoms with Crippen LogP contribution in [0.1, 0.15) is 51.4 Å². The van der Waals surface area contributed by atoms with E-state index in [0.717, 1.165) is 32.2 Å². The molecule has 3 aliphatic rings. The van der Waals surface area contributed by atoms with Crippen LogP contribution >= 0.6 is 0 Å². The number of hydrogen-bond acceptors (Lipinski definition) is 4. The van der Waals surface area contributed by atoms with Crippen LogP contribution in [0.25, 0.3) is 0 Å². The fourth-order valence-corrected chi connectivity index (χ4v) is 4.60. The van der Waals surface area contributed by atoms with Gasteiger partial charge in [0.25, 0.3) is 0 Å². The van der Waals surface area contributed by atoms with Gasteiger partial charge in [0.05, 0.1) is 12.1 Å². The molecule has 2 heterocycles. The molecule has 148 valence electrons. The molecule has 0 bridgehead atoms. The summed E-state index contributed by atoms with van der Waals surface area (Å²) in [5.74, 6) is 0.0544. The largest absolute Gasteiger partial charge is 0.345 e. The van der Waals surface area contributed by atoms with E-state index in [2.05, 4.69) is 22.6 Å². The van der Waals surface area contributed by atoms with Crippen LogP contribution in [0.4, 0.5) is 4.39 Å².